The number of nitrogens with one attached hydrogen (secondary N) is 1. The Labute approximate surface area is 113 Å². The number of ether oxygens (including phenoxy) is 1. The van der Waals surface area contributed by atoms with E-state index >= 15 is 0 Å². The molecule has 0 saturated carbocycles. The van der Waals surface area contributed by atoms with Crippen molar-refractivity contribution in [2.24, 2.45) is 0 Å². The number of H-pyrrole nitrogens is 1. The molecule has 2 heterocycles. The van der Waals surface area contributed by atoms with Crippen molar-refractivity contribution in [2.75, 3.05) is 6.61 Å². The number of aromatic nitrogens is 3. The fraction of sp³-hybridized carbons (Fsp3) is 0.154. The lowest BCUT2D eigenvalue weighted by Crippen LogP contribution is -2.05. The van der Waals surface area contributed by atoms with E-state index in [9.17, 15) is 4.79 Å². The molecule has 0 fully saturated rings. The summed E-state index contributed by atoms with van der Waals surface area (Å²) in [5, 5.41) is 5.15. The summed E-state index contributed by atoms with van der Waals surface area (Å²) in [4.78, 5) is 14.8. The van der Waals surface area contributed by atoms with Crippen LogP contribution in [0.15, 0.2) is 30.3 Å². The van der Waals surface area contributed by atoms with Gasteiger partial charge in [0.05, 0.1) is 12.1 Å². The average molecular weight is 273 g/mol. The van der Waals surface area contributed by atoms with Gasteiger partial charge in [-0.1, -0.05) is 18.2 Å². The first-order chi connectivity index (χ1) is 9.20. The summed E-state index contributed by atoms with van der Waals surface area (Å²) in [6.45, 7) is 2.08. The Hall–Kier alpha value is -2.21. The van der Waals surface area contributed by atoms with Crippen molar-refractivity contribution in [3.8, 4) is 0 Å². The number of benzene rings is 1. The number of nitrogens with zero attached hydrogens (tertiary/aromatic N) is 2. The predicted octanol–water partition coefficient (Wildman–Crippen LogP) is 2.72. The Balaban J connectivity index is 2.32. The second-order valence-electron chi connectivity index (χ2n) is 4.02. The summed E-state index contributed by atoms with van der Waals surface area (Å²) in [6.07, 6.45) is 0. The Morgan fingerprint density at radius 1 is 1.47 bits per heavy atom. The number of rotatable bonds is 2. The van der Waals surface area contributed by atoms with E-state index < -0.39 is 5.97 Å². The SMILES string of the molecule is CCOC(=O)c1cc2c3ccccc3[nH]c(=S)n2n1. The molecule has 0 atom stereocenters. The van der Waals surface area contributed by atoms with Crippen LogP contribution in [0.25, 0.3) is 16.4 Å². The van der Waals surface area contributed by atoms with Gasteiger partial charge in [0.2, 0.25) is 0 Å². The van der Waals surface area contributed by atoms with Gasteiger partial charge in [-0.05, 0) is 31.3 Å². The lowest BCUT2D eigenvalue weighted by atomic mass is 10.2. The van der Waals surface area contributed by atoms with E-state index in [4.69, 9.17) is 17.0 Å². The van der Waals surface area contributed by atoms with Gasteiger partial charge < -0.3 is 9.72 Å². The highest BCUT2D eigenvalue weighted by Crippen LogP contribution is 2.19. The van der Waals surface area contributed by atoms with Crippen molar-refractivity contribution in [2.45, 2.75) is 6.92 Å². The van der Waals surface area contributed by atoms with Crippen LogP contribution in [0.3, 0.4) is 0 Å². The number of hydrogen-bond acceptors (Lipinski definition) is 4. The molecule has 5 nitrogen and oxygen atoms in total. The zero-order chi connectivity index (χ0) is 13.4. The van der Waals surface area contributed by atoms with Gasteiger partial charge in [-0.25, -0.2) is 9.31 Å². The van der Waals surface area contributed by atoms with Crippen molar-refractivity contribution >= 4 is 34.6 Å². The highest BCUT2D eigenvalue weighted by molar-refractivity contribution is 7.71. The quantitative estimate of drug-likeness (QED) is 0.576. The molecule has 3 rings (SSSR count). The molecule has 0 amide bonds. The van der Waals surface area contributed by atoms with E-state index in [1.807, 2.05) is 24.3 Å². The number of aromatic amines is 1. The lowest BCUT2D eigenvalue weighted by Gasteiger charge is -2.00. The van der Waals surface area contributed by atoms with Gasteiger partial charge in [0.25, 0.3) is 0 Å². The lowest BCUT2D eigenvalue weighted by molar-refractivity contribution is 0.0519. The summed E-state index contributed by atoms with van der Waals surface area (Å²) in [7, 11) is 0. The summed E-state index contributed by atoms with van der Waals surface area (Å²) < 4.78 is 6.94. The van der Waals surface area contributed by atoms with Crippen LogP contribution < -0.4 is 0 Å². The van der Waals surface area contributed by atoms with Crippen molar-refractivity contribution in [3.05, 3.63) is 40.8 Å². The van der Waals surface area contributed by atoms with Crippen LogP contribution in [-0.2, 0) is 4.74 Å². The third-order valence-electron chi connectivity index (χ3n) is 2.83. The van der Waals surface area contributed by atoms with Gasteiger partial charge in [-0.3, -0.25) is 0 Å². The van der Waals surface area contributed by atoms with Crippen molar-refractivity contribution in [3.63, 3.8) is 0 Å². The van der Waals surface area contributed by atoms with Crippen molar-refractivity contribution in [1.29, 1.82) is 0 Å². The minimum absolute atomic E-state index is 0.262. The Morgan fingerprint density at radius 2 is 2.26 bits per heavy atom. The third kappa shape index (κ3) is 1.90. The molecule has 0 aliphatic carbocycles. The smallest absolute Gasteiger partial charge is 0.358 e. The number of esters is 1. The number of para-hydroxylation sites is 1. The first-order valence-electron chi connectivity index (χ1n) is 5.88. The van der Waals surface area contributed by atoms with E-state index in [1.165, 1.54) is 0 Å². The first kappa shape index (κ1) is 11.9. The van der Waals surface area contributed by atoms with Gasteiger partial charge >= 0.3 is 5.97 Å². The van der Waals surface area contributed by atoms with Crippen molar-refractivity contribution in [1.82, 2.24) is 14.6 Å². The third-order valence-corrected chi connectivity index (χ3v) is 3.11. The first-order valence-corrected chi connectivity index (χ1v) is 6.29. The maximum Gasteiger partial charge on any atom is 0.358 e. The standard InChI is InChI=1S/C13H11N3O2S/c1-2-18-12(17)10-7-11-8-5-3-4-6-9(8)14-13(19)16(11)15-10/h3-7H,2H2,1H3,(H,14,19). The molecule has 0 unspecified atom stereocenters. The highest BCUT2D eigenvalue weighted by atomic mass is 32.1. The molecule has 1 N–H and O–H groups in total. The molecular formula is C13H11N3O2S. The van der Waals surface area contributed by atoms with E-state index in [2.05, 4.69) is 10.1 Å². The number of fused-ring (bicyclic) bond motifs is 3. The molecule has 0 radical (unpaired) electrons. The fourth-order valence-electron chi connectivity index (χ4n) is 2.02. The zero-order valence-corrected chi connectivity index (χ0v) is 11.0. The van der Waals surface area contributed by atoms with Crippen LogP contribution in [0, 0.1) is 4.77 Å². The summed E-state index contributed by atoms with van der Waals surface area (Å²) in [6, 6.07) is 9.43. The molecule has 0 aliphatic heterocycles. The highest BCUT2D eigenvalue weighted by Gasteiger charge is 2.14. The van der Waals surface area contributed by atoms with E-state index in [-0.39, 0.29) is 5.69 Å². The van der Waals surface area contributed by atoms with Crippen LogP contribution >= 0.6 is 12.2 Å². The molecule has 0 bridgehead atoms. The van der Waals surface area contributed by atoms with Gasteiger partial charge in [-0.2, -0.15) is 5.10 Å². The average Bonchev–Trinajstić information content (AvgIpc) is 2.85. The molecule has 19 heavy (non-hydrogen) atoms. The number of carbonyl (C=O) groups is 1. The van der Waals surface area contributed by atoms with Crippen LogP contribution in [0.1, 0.15) is 17.4 Å². The minimum Gasteiger partial charge on any atom is -0.461 e. The Kier molecular flexibility index (Phi) is 2.79. The molecule has 0 spiro atoms. The number of hydrogen-bond donors (Lipinski definition) is 1. The molecular weight excluding hydrogens is 262 g/mol. The largest absolute Gasteiger partial charge is 0.461 e. The van der Waals surface area contributed by atoms with Gasteiger partial charge in [0.15, 0.2) is 10.5 Å². The van der Waals surface area contributed by atoms with Gasteiger partial charge in [0, 0.05) is 10.9 Å². The topological polar surface area (TPSA) is 59.4 Å². The van der Waals surface area contributed by atoms with Gasteiger partial charge in [0.1, 0.15) is 0 Å². The molecule has 0 aliphatic rings. The molecule has 6 heteroatoms. The summed E-state index contributed by atoms with van der Waals surface area (Å²) in [5.41, 5.74) is 1.97. The van der Waals surface area contributed by atoms with E-state index in [0.29, 0.717) is 11.4 Å². The Morgan fingerprint density at radius 3 is 3.05 bits per heavy atom. The molecule has 96 valence electrons. The predicted molar refractivity (Wildman–Crippen MR) is 73.8 cm³/mol. The zero-order valence-electron chi connectivity index (χ0n) is 10.2. The van der Waals surface area contributed by atoms with Gasteiger partial charge in [-0.15, -0.1) is 0 Å². The van der Waals surface area contributed by atoms with E-state index in [1.54, 1.807) is 17.5 Å². The molecule has 2 aromatic heterocycles. The maximum absolute atomic E-state index is 11.7. The monoisotopic (exact) mass is 273 g/mol. The van der Waals surface area contributed by atoms with Crippen LogP contribution in [0.2, 0.25) is 0 Å². The van der Waals surface area contributed by atoms with E-state index in [0.717, 1.165) is 16.4 Å². The molecule has 3 aromatic rings. The number of carbonyl (C=O) groups excluding carboxylic acids is 1. The fourth-order valence-corrected chi connectivity index (χ4v) is 2.27. The maximum atomic E-state index is 11.7. The normalized spacial score (nSPS) is 11.0. The second-order valence-corrected chi connectivity index (χ2v) is 4.41. The van der Waals surface area contributed by atoms with Crippen molar-refractivity contribution < 1.29 is 9.53 Å². The van der Waals surface area contributed by atoms with Crippen LogP contribution in [-0.4, -0.2) is 27.2 Å². The van der Waals surface area contributed by atoms with Crippen LogP contribution in [0.5, 0.6) is 0 Å². The molecule has 1 aromatic carbocycles. The van der Waals surface area contributed by atoms with Crippen LogP contribution in [0.4, 0.5) is 0 Å². The molecule has 0 saturated heterocycles. The second kappa shape index (κ2) is 4.47. The minimum atomic E-state index is -0.440. The summed E-state index contributed by atoms with van der Waals surface area (Å²) >= 11 is 5.24. The summed E-state index contributed by atoms with van der Waals surface area (Å²) in [5.74, 6) is -0.440. The Bertz CT molecular complexity index is 835.